The molecule has 0 amide bonds. The highest BCUT2D eigenvalue weighted by Crippen LogP contribution is 2.37. The standard InChI is InChI=1S/C9H20O2Si/c1-4-10-12(3,11-5-2)8-9-6-7-9/h9H,4-8H2,1-3H3. The van der Waals surface area contributed by atoms with Gasteiger partial charge in [-0.3, -0.25) is 0 Å². The normalized spacial score (nSPS) is 18.2. The molecule has 3 heteroatoms. The predicted molar refractivity (Wildman–Crippen MR) is 52.4 cm³/mol. The van der Waals surface area contributed by atoms with Gasteiger partial charge < -0.3 is 8.85 Å². The van der Waals surface area contributed by atoms with Crippen molar-refractivity contribution in [2.45, 2.75) is 39.3 Å². The van der Waals surface area contributed by atoms with Crippen molar-refractivity contribution in [3.8, 4) is 0 Å². The first-order chi connectivity index (χ1) is 5.70. The van der Waals surface area contributed by atoms with Gasteiger partial charge in [0.15, 0.2) is 0 Å². The largest absolute Gasteiger partial charge is 0.395 e. The maximum Gasteiger partial charge on any atom is 0.335 e. The molecule has 0 aromatic heterocycles. The molecule has 72 valence electrons. The molecule has 0 N–H and O–H groups in total. The lowest BCUT2D eigenvalue weighted by molar-refractivity contribution is 0.187. The average molecular weight is 188 g/mol. The van der Waals surface area contributed by atoms with Gasteiger partial charge in [-0.25, -0.2) is 0 Å². The van der Waals surface area contributed by atoms with Crippen molar-refractivity contribution in [1.29, 1.82) is 0 Å². The van der Waals surface area contributed by atoms with E-state index in [0.717, 1.165) is 19.1 Å². The van der Waals surface area contributed by atoms with Gasteiger partial charge in [-0.1, -0.05) is 12.8 Å². The number of hydrogen-bond donors (Lipinski definition) is 0. The van der Waals surface area contributed by atoms with E-state index in [2.05, 4.69) is 20.4 Å². The van der Waals surface area contributed by atoms with Gasteiger partial charge in [-0.15, -0.1) is 0 Å². The van der Waals surface area contributed by atoms with Crippen LogP contribution in [0, 0.1) is 5.92 Å². The summed E-state index contributed by atoms with van der Waals surface area (Å²) in [6.07, 6.45) is 2.78. The summed E-state index contributed by atoms with van der Waals surface area (Å²) in [6.45, 7) is 7.90. The minimum atomic E-state index is -1.75. The Bertz CT molecular complexity index is 128. The first-order valence-corrected chi connectivity index (χ1v) is 7.50. The smallest absolute Gasteiger partial charge is 0.335 e. The van der Waals surface area contributed by atoms with Crippen LogP contribution in [0.4, 0.5) is 0 Å². The van der Waals surface area contributed by atoms with Gasteiger partial charge in [0, 0.05) is 13.2 Å². The van der Waals surface area contributed by atoms with Crippen LogP contribution in [0.1, 0.15) is 26.7 Å². The van der Waals surface area contributed by atoms with E-state index < -0.39 is 8.56 Å². The Morgan fingerprint density at radius 3 is 2.00 bits per heavy atom. The summed E-state index contributed by atoms with van der Waals surface area (Å²) in [6, 6.07) is 1.20. The molecule has 1 aliphatic rings. The Labute approximate surface area is 76.5 Å². The topological polar surface area (TPSA) is 18.5 Å². The fourth-order valence-corrected chi connectivity index (χ4v) is 4.61. The molecule has 2 nitrogen and oxygen atoms in total. The first kappa shape index (κ1) is 10.2. The third-order valence-electron chi connectivity index (χ3n) is 2.26. The summed E-state index contributed by atoms with van der Waals surface area (Å²) in [5.74, 6) is 0.916. The van der Waals surface area contributed by atoms with E-state index in [-0.39, 0.29) is 0 Å². The summed E-state index contributed by atoms with van der Waals surface area (Å²) in [5.41, 5.74) is 0. The second-order valence-electron chi connectivity index (χ2n) is 3.65. The summed E-state index contributed by atoms with van der Waals surface area (Å²) in [7, 11) is -1.75. The van der Waals surface area contributed by atoms with E-state index in [9.17, 15) is 0 Å². The Morgan fingerprint density at radius 2 is 1.67 bits per heavy atom. The van der Waals surface area contributed by atoms with Gasteiger partial charge >= 0.3 is 8.56 Å². The molecule has 0 aromatic rings. The molecule has 1 aliphatic carbocycles. The van der Waals surface area contributed by atoms with Gasteiger partial charge in [0.1, 0.15) is 0 Å². The summed E-state index contributed by atoms with van der Waals surface area (Å²) in [5, 5.41) is 0. The van der Waals surface area contributed by atoms with Gasteiger partial charge in [-0.2, -0.15) is 0 Å². The van der Waals surface area contributed by atoms with Gasteiger partial charge in [0.2, 0.25) is 0 Å². The maximum absolute atomic E-state index is 5.74. The average Bonchev–Trinajstić information content (AvgIpc) is 2.72. The van der Waals surface area contributed by atoms with Gasteiger partial charge in [0.05, 0.1) is 0 Å². The summed E-state index contributed by atoms with van der Waals surface area (Å²) >= 11 is 0. The SMILES string of the molecule is CCO[Si](C)(CC1CC1)OCC. The van der Waals surface area contributed by atoms with Crippen LogP contribution in [-0.2, 0) is 8.85 Å². The minimum Gasteiger partial charge on any atom is -0.395 e. The predicted octanol–water partition coefficient (Wildman–Crippen LogP) is 2.54. The van der Waals surface area contributed by atoms with Crippen molar-refractivity contribution in [2.24, 2.45) is 5.92 Å². The van der Waals surface area contributed by atoms with E-state index in [0.29, 0.717) is 0 Å². The van der Waals surface area contributed by atoms with E-state index in [1.807, 2.05) is 0 Å². The van der Waals surface area contributed by atoms with Gasteiger partial charge in [-0.05, 0) is 32.4 Å². The molecule has 0 atom stereocenters. The van der Waals surface area contributed by atoms with Crippen molar-refractivity contribution >= 4 is 8.56 Å². The van der Waals surface area contributed by atoms with E-state index >= 15 is 0 Å². The van der Waals surface area contributed by atoms with Crippen molar-refractivity contribution in [1.82, 2.24) is 0 Å². The van der Waals surface area contributed by atoms with Crippen molar-refractivity contribution in [3.05, 3.63) is 0 Å². The highest BCUT2D eigenvalue weighted by molar-refractivity contribution is 6.66. The maximum atomic E-state index is 5.74. The molecule has 1 fully saturated rings. The van der Waals surface area contributed by atoms with Crippen molar-refractivity contribution < 1.29 is 8.85 Å². The highest BCUT2D eigenvalue weighted by atomic mass is 28.4. The third-order valence-corrected chi connectivity index (χ3v) is 5.37. The second-order valence-corrected chi connectivity index (χ2v) is 6.90. The monoisotopic (exact) mass is 188 g/mol. The molecule has 0 spiro atoms. The molecule has 12 heavy (non-hydrogen) atoms. The Morgan fingerprint density at radius 1 is 1.17 bits per heavy atom. The van der Waals surface area contributed by atoms with E-state index in [4.69, 9.17) is 8.85 Å². The summed E-state index contributed by atoms with van der Waals surface area (Å²) < 4.78 is 11.5. The van der Waals surface area contributed by atoms with Crippen LogP contribution in [-0.4, -0.2) is 21.8 Å². The molecular weight excluding hydrogens is 168 g/mol. The zero-order valence-corrected chi connectivity index (χ0v) is 9.43. The molecule has 0 bridgehead atoms. The van der Waals surface area contributed by atoms with E-state index in [1.54, 1.807) is 0 Å². The number of rotatable bonds is 6. The van der Waals surface area contributed by atoms with Crippen LogP contribution in [0.15, 0.2) is 0 Å². The fourth-order valence-electron chi connectivity index (χ4n) is 1.62. The van der Waals surface area contributed by atoms with E-state index in [1.165, 1.54) is 18.9 Å². The molecular formula is C9H20O2Si. The third kappa shape index (κ3) is 3.25. The Kier molecular flexibility index (Phi) is 3.74. The van der Waals surface area contributed by atoms with Crippen LogP contribution in [0.25, 0.3) is 0 Å². The highest BCUT2D eigenvalue weighted by Gasteiger charge is 2.38. The molecule has 0 radical (unpaired) electrons. The second kappa shape index (κ2) is 4.39. The molecule has 1 rings (SSSR count). The Hall–Kier alpha value is 0.137. The van der Waals surface area contributed by atoms with Crippen molar-refractivity contribution in [3.63, 3.8) is 0 Å². The van der Waals surface area contributed by atoms with Crippen LogP contribution in [0.2, 0.25) is 12.6 Å². The van der Waals surface area contributed by atoms with Crippen LogP contribution in [0.3, 0.4) is 0 Å². The zero-order chi connectivity index (χ0) is 9.03. The molecule has 1 saturated carbocycles. The molecule has 0 aromatic carbocycles. The Balaban J connectivity index is 2.32. The summed E-state index contributed by atoms with van der Waals surface area (Å²) in [4.78, 5) is 0. The minimum absolute atomic E-state index is 0.801. The molecule has 0 saturated heterocycles. The van der Waals surface area contributed by atoms with Gasteiger partial charge in [0.25, 0.3) is 0 Å². The lowest BCUT2D eigenvalue weighted by Crippen LogP contribution is -2.39. The molecule has 0 aliphatic heterocycles. The fraction of sp³-hybridized carbons (Fsp3) is 1.00. The lowest BCUT2D eigenvalue weighted by Gasteiger charge is -2.25. The molecule has 0 heterocycles. The zero-order valence-electron chi connectivity index (χ0n) is 8.43. The van der Waals surface area contributed by atoms with Crippen LogP contribution >= 0.6 is 0 Å². The van der Waals surface area contributed by atoms with Crippen molar-refractivity contribution in [2.75, 3.05) is 13.2 Å². The van der Waals surface area contributed by atoms with Crippen LogP contribution < -0.4 is 0 Å². The quantitative estimate of drug-likeness (QED) is 0.596. The molecule has 0 unspecified atom stereocenters. The lowest BCUT2D eigenvalue weighted by atomic mass is 10.5. The first-order valence-electron chi connectivity index (χ1n) is 4.98. The van der Waals surface area contributed by atoms with Crippen LogP contribution in [0.5, 0.6) is 0 Å². The number of hydrogen-bond acceptors (Lipinski definition) is 2.